The van der Waals surface area contributed by atoms with E-state index in [-0.39, 0.29) is 24.2 Å². The molecule has 3 nitrogen and oxygen atoms in total. The molecule has 0 aliphatic carbocycles. The number of thiophene rings is 1. The maximum atomic E-state index is 11.6. The third-order valence-electron chi connectivity index (χ3n) is 2.50. The van der Waals surface area contributed by atoms with Crippen LogP contribution in [0.3, 0.4) is 0 Å². The maximum Gasteiger partial charge on any atom is 0.224 e. The maximum absolute atomic E-state index is 11.6. The Kier molecular flexibility index (Phi) is 5.55. The van der Waals surface area contributed by atoms with Crippen LogP contribution in [0.15, 0.2) is 12.1 Å². The van der Waals surface area contributed by atoms with E-state index in [0.29, 0.717) is 6.54 Å². The highest BCUT2D eigenvalue weighted by atomic mass is 35.5. The zero-order chi connectivity index (χ0) is 10.7. The lowest BCUT2D eigenvalue weighted by Crippen LogP contribution is -2.31. The van der Waals surface area contributed by atoms with Gasteiger partial charge in [0.15, 0.2) is 0 Å². The smallest absolute Gasteiger partial charge is 0.224 e. The molecule has 1 aliphatic rings. The van der Waals surface area contributed by atoms with Crippen molar-refractivity contribution in [1.82, 2.24) is 10.6 Å². The Labute approximate surface area is 110 Å². The lowest BCUT2D eigenvalue weighted by Gasteiger charge is -2.08. The molecular weight excluding hydrogens is 267 g/mol. The molecule has 1 saturated heterocycles. The van der Waals surface area contributed by atoms with E-state index in [4.69, 9.17) is 11.6 Å². The van der Waals surface area contributed by atoms with Gasteiger partial charge < -0.3 is 10.6 Å². The van der Waals surface area contributed by atoms with Gasteiger partial charge in [-0.3, -0.25) is 4.79 Å². The van der Waals surface area contributed by atoms with E-state index in [1.54, 1.807) is 0 Å². The second kappa shape index (κ2) is 6.45. The first kappa shape index (κ1) is 13.8. The largest absolute Gasteiger partial charge is 0.351 e. The Morgan fingerprint density at radius 3 is 3.00 bits per heavy atom. The van der Waals surface area contributed by atoms with E-state index < -0.39 is 0 Å². The quantitative estimate of drug-likeness (QED) is 0.890. The summed E-state index contributed by atoms with van der Waals surface area (Å²) in [6.07, 6.45) is 0.941. The molecule has 1 aromatic heterocycles. The van der Waals surface area contributed by atoms with Crippen molar-refractivity contribution in [3.8, 4) is 0 Å². The summed E-state index contributed by atoms with van der Waals surface area (Å²) in [7, 11) is 0. The van der Waals surface area contributed by atoms with E-state index in [1.807, 2.05) is 12.1 Å². The molecule has 1 aliphatic heterocycles. The van der Waals surface area contributed by atoms with E-state index in [2.05, 4.69) is 10.6 Å². The van der Waals surface area contributed by atoms with Crippen LogP contribution in [0.4, 0.5) is 0 Å². The van der Waals surface area contributed by atoms with Crippen LogP contribution in [0.25, 0.3) is 0 Å². The molecular formula is C10H14Cl2N2OS. The zero-order valence-electron chi connectivity index (χ0n) is 8.66. The highest BCUT2D eigenvalue weighted by Crippen LogP contribution is 2.21. The van der Waals surface area contributed by atoms with Crippen molar-refractivity contribution in [2.75, 3.05) is 13.1 Å². The summed E-state index contributed by atoms with van der Waals surface area (Å²) in [5.41, 5.74) is 0. The topological polar surface area (TPSA) is 41.1 Å². The number of nitrogens with one attached hydrogen (secondary N) is 2. The van der Waals surface area contributed by atoms with E-state index in [0.717, 1.165) is 28.7 Å². The molecule has 1 aromatic rings. The van der Waals surface area contributed by atoms with Gasteiger partial charge in [-0.2, -0.15) is 0 Å². The van der Waals surface area contributed by atoms with Gasteiger partial charge in [0.1, 0.15) is 0 Å². The van der Waals surface area contributed by atoms with Crippen molar-refractivity contribution in [2.24, 2.45) is 5.92 Å². The summed E-state index contributed by atoms with van der Waals surface area (Å²) in [6, 6.07) is 3.80. The SMILES string of the molecule is Cl.O=C(NCc1ccc(Cl)s1)[C@@H]1CCNC1. The fourth-order valence-electron chi connectivity index (χ4n) is 1.64. The highest BCUT2D eigenvalue weighted by molar-refractivity contribution is 7.16. The summed E-state index contributed by atoms with van der Waals surface area (Å²) in [6.45, 7) is 2.34. The van der Waals surface area contributed by atoms with Gasteiger partial charge in [0.25, 0.3) is 0 Å². The first-order valence-electron chi connectivity index (χ1n) is 4.98. The molecule has 0 unspecified atom stereocenters. The first-order valence-corrected chi connectivity index (χ1v) is 6.18. The Balaban J connectivity index is 0.00000128. The Bertz CT molecular complexity index is 350. The molecule has 0 saturated carbocycles. The summed E-state index contributed by atoms with van der Waals surface area (Å²) in [4.78, 5) is 12.7. The Morgan fingerprint density at radius 2 is 2.44 bits per heavy atom. The first-order chi connectivity index (χ1) is 7.25. The van der Waals surface area contributed by atoms with Crippen molar-refractivity contribution in [1.29, 1.82) is 0 Å². The second-order valence-corrected chi connectivity index (χ2v) is 5.41. The number of hydrogen-bond donors (Lipinski definition) is 2. The fourth-order valence-corrected chi connectivity index (χ4v) is 2.67. The standard InChI is InChI=1S/C10H13ClN2OS.ClH/c11-9-2-1-8(15-9)6-13-10(14)7-3-4-12-5-7;/h1-2,7,12H,3-6H2,(H,13,14);1H/t7-;/m1./s1. The van der Waals surface area contributed by atoms with Crippen LogP contribution in [0, 0.1) is 5.92 Å². The third kappa shape index (κ3) is 3.63. The number of halogens is 2. The van der Waals surface area contributed by atoms with Crippen LogP contribution in [-0.4, -0.2) is 19.0 Å². The normalized spacial score (nSPS) is 19.2. The number of rotatable bonds is 3. The van der Waals surface area contributed by atoms with Crippen molar-refractivity contribution in [3.63, 3.8) is 0 Å². The van der Waals surface area contributed by atoms with E-state index in [9.17, 15) is 4.79 Å². The van der Waals surface area contributed by atoms with Gasteiger partial charge in [-0.05, 0) is 25.1 Å². The van der Waals surface area contributed by atoms with Gasteiger partial charge in [-0.25, -0.2) is 0 Å². The Morgan fingerprint density at radius 1 is 1.62 bits per heavy atom. The minimum Gasteiger partial charge on any atom is -0.351 e. The molecule has 6 heteroatoms. The van der Waals surface area contributed by atoms with Gasteiger partial charge in [0.05, 0.1) is 16.8 Å². The second-order valence-electron chi connectivity index (χ2n) is 3.61. The van der Waals surface area contributed by atoms with Crippen LogP contribution in [0.2, 0.25) is 4.34 Å². The summed E-state index contributed by atoms with van der Waals surface area (Å²) < 4.78 is 0.766. The minimum atomic E-state index is 0. The molecule has 1 fully saturated rings. The van der Waals surface area contributed by atoms with Gasteiger partial charge in [0.2, 0.25) is 5.91 Å². The molecule has 1 atom stereocenters. The van der Waals surface area contributed by atoms with Crippen LogP contribution < -0.4 is 10.6 Å². The molecule has 0 spiro atoms. The van der Waals surface area contributed by atoms with Gasteiger partial charge in [-0.1, -0.05) is 11.6 Å². The summed E-state index contributed by atoms with van der Waals surface area (Å²) in [5, 5.41) is 6.10. The minimum absolute atomic E-state index is 0. The lowest BCUT2D eigenvalue weighted by molar-refractivity contribution is -0.124. The number of carbonyl (C=O) groups excluding carboxylic acids is 1. The third-order valence-corrected chi connectivity index (χ3v) is 3.73. The molecule has 1 amide bonds. The number of carbonyl (C=O) groups is 1. The number of amides is 1. The van der Waals surface area contributed by atoms with Gasteiger partial charge >= 0.3 is 0 Å². The molecule has 90 valence electrons. The number of hydrogen-bond acceptors (Lipinski definition) is 3. The van der Waals surface area contributed by atoms with Crippen LogP contribution in [-0.2, 0) is 11.3 Å². The molecule has 2 rings (SSSR count). The molecule has 0 radical (unpaired) electrons. The monoisotopic (exact) mass is 280 g/mol. The van der Waals surface area contributed by atoms with E-state index in [1.165, 1.54) is 11.3 Å². The van der Waals surface area contributed by atoms with Crippen molar-refractivity contribution in [3.05, 3.63) is 21.3 Å². The zero-order valence-corrected chi connectivity index (χ0v) is 11.1. The van der Waals surface area contributed by atoms with Crippen molar-refractivity contribution in [2.45, 2.75) is 13.0 Å². The predicted octanol–water partition coefficient (Wildman–Crippen LogP) is 2.05. The Hall–Kier alpha value is -0.290. The molecule has 0 aromatic carbocycles. The van der Waals surface area contributed by atoms with Crippen molar-refractivity contribution >= 4 is 41.3 Å². The summed E-state index contributed by atoms with van der Waals surface area (Å²) >= 11 is 7.31. The van der Waals surface area contributed by atoms with Crippen LogP contribution in [0.1, 0.15) is 11.3 Å². The molecule has 0 bridgehead atoms. The highest BCUT2D eigenvalue weighted by Gasteiger charge is 2.21. The average Bonchev–Trinajstić information content (AvgIpc) is 2.84. The van der Waals surface area contributed by atoms with E-state index >= 15 is 0 Å². The lowest BCUT2D eigenvalue weighted by atomic mass is 10.1. The predicted molar refractivity (Wildman–Crippen MR) is 69.4 cm³/mol. The molecule has 2 N–H and O–H groups in total. The van der Waals surface area contributed by atoms with Crippen molar-refractivity contribution < 1.29 is 4.79 Å². The summed E-state index contributed by atoms with van der Waals surface area (Å²) in [5.74, 6) is 0.282. The molecule has 2 heterocycles. The van der Waals surface area contributed by atoms with Gasteiger partial charge in [-0.15, -0.1) is 23.7 Å². The average molecular weight is 281 g/mol. The van der Waals surface area contributed by atoms with Crippen LogP contribution in [0.5, 0.6) is 0 Å². The fraction of sp³-hybridized carbons (Fsp3) is 0.500. The van der Waals surface area contributed by atoms with Gasteiger partial charge in [0, 0.05) is 11.4 Å². The van der Waals surface area contributed by atoms with Crippen LogP contribution >= 0.6 is 35.3 Å². The molecule has 16 heavy (non-hydrogen) atoms.